The number of piperidine rings is 2. The minimum atomic E-state index is -3.54. The van der Waals surface area contributed by atoms with Crippen LogP contribution < -0.4 is 10.6 Å². The van der Waals surface area contributed by atoms with Crippen molar-refractivity contribution in [2.45, 2.75) is 75.0 Å². The van der Waals surface area contributed by atoms with Gasteiger partial charge in [0.25, 0.3) is 0 Å². The Morgan fingerprint density at radius 1 is 0.619 bits per heavy atom. The first kappa shape index (κ1) is 32.1. The van der Waals surface area contributed by atoms with E-state index >= 15 is 0 Å². The van der Waals surface area contributed by atoms with Crippen molar-refractivity contribution in [3.05, 3.63) is 48.5 Å². The molecule has 12 heteroatoms. The predicted molar refractivity (Wildman–Crippen MR) is 163 cm³/mol. The number of carbonyl (C=O) groups is 2. The molecule has 0 atom stereocenters. The van der Waals surface area contributed by atoms with Gasteiger partial charge < -0.3 is 10.6 Å². The summed E-state index contributed by atoms with van der Waals surface area (Å²) in [4.78, 5) is 25.2. The molecule has 2 saturated heterocycles. The minimum Gasteiger partial charge on any atom is -0.326 e. The molecular weight excluding hydrogens is 576 g/mol. The molecule has 0 spiro atoms. The van der Waals surface area contributed by atoms with Crippen molar-refractivity contribution in [1.82, 2.24) is 8.61 Å². The summed E-state index contributed by atoms with van der Waals surface area (Å²) < 4.78 is 54.5. The molecule has 0 unspecified atom stereocenters. The molecule has 2 fully saturated rings. The van der Waals surface area contributed by atoms with Crippen molar-refractivity contribution in [2.24, 2.45) is 11.8 Å². The highest BCUT2D eigenvalue weighted by Gasteiger charge is 2.29. The van der Waals surface area contributed by atoms with Crippen LogP contribution in [0.15, 0.2) is 58.3 Å². The van der Waals surface area contributed by atoms with E-state index in [4.69, 9.17) is 0 Å². The van der Waals surface area contributed by atoms with Gasteiger partial charge >= 0.3 is 0 Å². The Morgan fingerprint density at radius 3 is 1.24 bits per heavy atom. The number of nitrogens with one attached hydrogen (secondary N) is 2. The lowest BCUT2D eigenvalue weighted by Gasteiger charge is -2.29. The largest absolute Gasteiger partial charge is 0.326 e. The van der Waals surface area contributed by atoms with Gasteiger partial charge in [0.05, 0.1) is 9.79 Å². The topological polar surface area (TPSA) is 133 Å². The zero-order chi connectivity index (χ0) is 30.3. The molecule has 0 aromatic heterocycles. The number of nitrogens with zero attached hydrogens (tertiary/aromatic N) is 2. The SMILES string of the molecule is CC1CCN(S(=O)(=O)c2ccc(NC(=O)CCCCC(=O)Nc3ccc(S(=O)(=O)N4CCC(C)CC4)cc3)cc2)CC1. The second kappa shape index (κ2) is 14.1. The molecular formula is C30H42N4O6S2. The number of hydrogen-bond donors (Lipinski definition) is 2. The lowest BCUT2D eigenvalue weighted by molar-refractivity contribution is -0.118. The number of rotatable bonds is 11. The van der Waals surface area contributed by atoms with Gasteiger partial charge in [-0.05, 0) is 98.9 Å². The molecule has 2 aromatic rings. The molecule has 0 aliphatic carbocycles. The Morgan fingerprint density at radius 2 is 0.929 bits per heavy atom. The average Bonchev–Trinajstić information content (AvgIpc) is 2.96. The van der Waals surface area contributed by atoms with Gasteiger partial charge in [0.15, 0.2) is 0 Å². The average molecular weight is 619 g/mol. The highest BCUT2D eigenvalue weighted by Crippen LogP contribution is 2.26. The van der Waals surface area contributed by atoms with Crippen LogP contribution >= 0.6 is 0 Å². The Hall–Kier alpha value is -2.80. The summed E-state index contributed by atoms with van der Waals surface area (Å²) in [6.07, 6.45) is 4.87. The fraction of sp³-hybridized carbons (Fsp3) is 0.533. The summed E-state index contributed by atoms with van der Waals surface area (Å²) in [5.74, 6) is 0.636. The molecule has 2 aliphatic rings. The fourth-order valence-electron chi connectivity index (χ4n) is 5.19. The van der Waals surface area contributed by atoms with E-state index < -0.39 is 20.0 Å². The van der Waals surface area contributed by atoms with Crippen molar-refractivity contribution >= 4 is 43.2 Å². The number of sulfonamides is 2. The van der Waals surface area contributed by atoms with E-state index in [0.29, 0.717) is 62.2 Å². The molecule has 0 bridgehead atoms. The molecule has 4 rings (SSSR count). The summed E-state index contributed by atoms with van der Waals surface area (Å²) >= 11 is 0. The van der Waals surface area contributed by atoms with E-state index in [-0.39, 0.29) is 34.4 Å². The van der Waals surface area contributed by atoms with E-state index in [9.17, 15) is 26.4 Å². The zero-order valence-corrected chi connectivity index (χ0v) is 26.1. The highest BCUT2D eigenvalue weighted by molar-refractivity contribution is 7.89. The molecule has 0 radical (unpaired) electrons. The van der Waals surface area contributed by atoms with Crippen LogP contribution in [0.5, 0.6) is 0 Å². The zero-order valence-electron chi connectivity index (χ0n) is 24.4. The monoisotopic (exact) mass is 618 g/mol. The first-order chi connectivity index (χ1) is 19.9. The van der Waals surface area contributed by atoms with Crippen LogP contribution in [0.3, 0.4) is 0 Å². The fourth-order valence-corrected chi connectivity index (χ4v) is 8.13. The van der Waals surface area contributed by atoms with Gasteiger partial charge in [-0.3, -0.25) is 9.59 Å². The summed E-state index contributed by atoms with van der Waals surface area (Å²) in [5.41, 5.74) is 1.04. The van der Waals surface area contributed by atoms with E-state index in [1.54, 1.807) is 24.3 Å². The Labute approximate surface area is 250 Å². The van der Waals surface area contributed by atoms with Crippen LogP contribution in [0, 0.1) is 11.8 Å². The standard InChI is InChI=1S/C30H42N4O6S2/c1-23-15-19-33(20-16-23)41(37,38)27-11-7-25(8-12-27)31-29(35)5-3-4-6-30(36)32-26-9-13-28(14-10-26)42(39,40)34-21-17-24(2)18-22-34/h7-14,23-24H,3-6,15-22H2,1-2H3,(H,31,35)(H,32,36). The summed E-state index contributed by atoms with van der Waals surface area (Å²) in [6, 6.07) is 12.4. The van der Waals surface area contributed by atoms with Gasteiger partial charge in [-0.1, -0.05) is 13.8 Å². The Bertz CT molecular complexity index is 1320. The predicted octanol–water partition coefficient (Wildman–Crippen LogP) is 4.67. The third kappa shape index (κ3) is 8.40. The Kier molecular flexibility index (Phi) is 10.8. The number of unbranched alkanes of at least 4 members (excludes halogenated alkanes) is 1. The van der Waals surface area contributed by atoms with E-state index in [2.05, 4.69) is 24.5 Å². The molecule has 0 saturated carbocycles. The van der Waals surface area contributed by atoms with Gasteiger partial charge in [-0.15, -0.1) is 0 Å². The van der Waals surface area contributed by atoms with Crippen LogP contribution in [0.2, 0.25) is 0 Å². The van der Waals surface area contributed by atoms with Crippen molar-refractivity contribution in [1.29, 1.82) is 0 Å². The van der Waals surface area contributed by atoms with Gasteiger partial charge in [0, 0.05) is 50.4 Å². The van der Waals surface area contributed by atoms with Crippen LogP contribution in [-0.2, 0) is 29.6 Å². The third-order valence-corrected chi connectivity index (χ3v) is 11.9. The van der Waals surface area contributed by atoms with E-state index in [0.717, 1.165) is 25.7 Å². The molecule has 2 N–H and O–H groups in total. The molecule has 2 aliphatic heterocycles. The van der Waals surface area contributed by atoms with Gasteiger partial charge in [0.1, 0.15) is 0 Å². The first-order valence-electron chi connectivity index (χ1n) is 14.8. The molecule has 230 valence electrons. The van der Waals surface area contributed by atoms with Gasteiger partial charge in [-0.2, -0.15) is 8.61 Å². The molecule has 42 heavy (non-hydrogen) atoms. The van der Waals surface area contributed by atoms with Crippen molar-refractivity contribution in [3.63, 3.8) is 0 Å². The second-order valence-electron chi connectivity index (χ2n) is 11.5. The molecule has 2 heterocycles. The van der Waals surface area contributed by atoms with Crippen molar-refractivity contribution in [3.8, 4) is 0 Å². The number of benzene rings is 2. The number of amides is 2. The lowest BCUT2D eigenvalue weighted by Crippen LogP contribution is -2.37. The highest BCUT2D eigenvalue weighted by atomic mass is 32.2. The normalized spacial score (nSPS) is 18.0. The summed E-state index contributed by atoms with van der Waals surface area (Å²) in [5, 5.41) is 5.55. The van der Waals surface area contributed by atoms with Crippen LogP contribution in [0.1, 0.15) is 65.2 Å². The van der Waals surface area contributed by atoms with Crippen molar-refractivity contribution < 1.29 is 26.4 Å². The second-order valence-corrected chi connectivity index (χ2v) is 15.4. The third-order valence-electron chi connectivity index (χ3n) is 8.09. The summed E-state index contributed by atoms with van der Waals surface area (Å²) in [7, 11) is -7.08. The quantitative estimate of drug-likeness (QED) is 0.352. The first-order valence-corrected chi connectivity index (χ1v) is 17.6. The maximum atomic E-state index is 12.9. The number of carbonyl (C=O) groups excluding carboxylic acids is 2. The van der Waals surface area contributed by atoms with Gasteiger partial charge in [-0.25, -0.2) is 16.8 Å². The number of anilines is 2. The number of hydrogen-bond acceptors (Lipinski definition) is 6. The maximum absolute atomic E-state index is 12.9. The smallest absolute Gasteiger partial charge is 0.243 e. The molecule has 2 amide bonds. The van der Waals surface area contributed by atoms with E-state index in [1.807, 2.05) is 0 Å². The van der Waals surface area contributed by atoms with Crippen LogP contribution in [0.25, 0.3) is 0 Å². The summed E-state index contributed by atoms with van der Waals surface area (Å²) in [6.45, 7) is 6.35. The van der Waals surface area contributed by atoms with Gasteiger partial charge in [0.2, 0.25) is 31.9 Å². The van der Waals surface area contributed by atoms with Crippen LogP contribution in [-0.4, -0.2) is 63.4 Å². The lowest BCUT2D eigenvalue weighted by atomic mass is 10.0. The van der Waals surface area contributed by atoms with Crippen molar-refractivity contribution in [2.75, 3.05) is 36.8 Å². The van der Waals surface area contributed by atoms with Crippen LogP contribution in [0.4, 0.5) is 11.4 Å². The molecule has 2 aromatic carbocycles. The minimum absolute atomic E-state index is 0.212. The molecule has 10 nitrogen and oxygen atoms in total. The van der Waals surface area contributed by atoms with E-state index in [1.165, 1.54) is 32.9 Å². The Balaban J connectivity index is 1.16. The maximum Gasteiger partial charge on any atom is 0.243 e.